The number of ether oxygens (including phenoxy) is 1. The number of imidazole rings is 1. The predicted octanol–water partition coefficient (Wildman–Crippen LogP) is 0.888. The minimum atomic E-state index is -0.428. The maximum absolute atomic E-state index is 12.0. The molecule has 0 saturated carbocycles. The lowest BCUT2D eigenvalue weighted by Crippen LogP contribution is -2.45. The van der Waals surface area contributed by atoms with Gasteiger partial charge >= 0.3 is 0 Å². The molecule has 1 amide bonds. The van der Waals surface area contributed by atoms with Gasteiger partial charge in [0.25, 0.3) is 5.91 Å². The van der Waals surface area contributed by atoms with Gasteiger partial charge in [0.2, 0.25) is 5.95 Å². The fourth-order valence-electron chi connectivity index (χ4n) is 1.90. The van der Waals surface area contributed by atoms with Crippen molar-refractivity contribution >= 4 is 24.3 Å². The number of nitrogens with one attached hydrogen (secondary N) is 2. The molecule has 1 fully saturated rings. The van der Waals surface area contributed by atoms with Crippen LogP contribution in [-0.2, 0) is 16.1 Å². The summed E-state index contributed by atoms with van der Waals surface area (Å²) in [6.07, 6.45) is 3.14. The Morgan fingerprint density at radius 2 is 2.47 bits per heavy atom. The van der Waals surface area contributed by atoms with E-state index < -0.39 is 6.10 Å². The van der Waals surface area contributed by atoms with Gasteiger partial charge in [-0.25, -0.2) is 4.98 Å². The summed E-state index contributed by atoms with van der Waals surface area (Å²) in [5.41, 5.74) is 0. The van der Waals surface area contributed by atoms with Crippen molar-refractivity contribution in [2.45, 2.75) is 26.5 Å². The summed E-state index contributed by atoms with van der Waals surface area (Å²) >= 11 is 0. The average Bonchev–Trinajstić information content (AvgIpc) is 2.77. The summed E-state index contributed by atoms with van der Waals surface area (Å²) in [5.74, 6) is 0.948. The highest BCUT2D eigenvalue weighted by Gasteiger charge is 2.22. The molecule has 19 heavy (non-hydrogen) atoms. The van der Waals surface area contributed by atoms with E-state index in [0.29, 0.717) is 25.0 Å². The second-order valence-electron chi connectivity index (χ2n) is 4.85. The number of nitrogens with zero attached hydrogens (tertiary/aromatic N) is 2. The number of halogens is 1. The fourth-order valence-corrected chi connectivity index (χ4v) is 1.90. The van der Waals surface area contributed by atoms with Gasteiger partial charge in [-0.2, -0.15) is 0 Å². The molecular weight excluding hydrogens is 268 g/mol. The number of rotatable bonds is 4. The van der Waals surface area contributed by atoms with Crippen molar-refractivity contribution in [3.63, 3.8) is 0 Å². The Morgan fingerprint density at radius 3 is 3.11 bits per heavy atom. The van der Waals surface area contributed by atoms with Crippen LogP contribution in [0.25, 0.3) is 0 Å². The van der Waals surface area contributed by atoms with E-state index in [-0.39, 0.29) is 18.3 Å². The Morgan fingerprint density at radius 1 is 1.68 bits per heavy atom. The predicted molar refractivity (Wildman–Crippen MR) is 75.6 cm³/mol. The molecule has 7 heteroatoms. The first-order chi connectivity index (χ1) is 8.66. The number of aromatic nitrogens is 2. The summed E-state index contributed by atoms with van der Waals surface area (Å²) < 4.78 is 7.34. The fraction of sp³-hybridized carbons (Fsp3) is 0.667. The molecule has 1 saturated heterocycles. The molecule has 2 N–H and O–H groups in total. The molecule has 0 radical (unpaired) electrons. The minimum Gasteiger partial charge on any atom is -0.366 e. The number of hydrogen-bond acceptors (Lipinski definition) is 4. The molecule has 1 aliphatic rings. The van der Waals surface area contributed by atoms with Crippen molar-refractivity contribution < 1.29 is 9.53 Å². The molecule has 6 nitrogen and oxygen atoms in total. The van der Waals surface area contributed by atoms with Crippen molar-refractivity contribution in [1.82, 2.24) is 14.9 Å². The zero-order chi connectivity index (χ0) is 13.0. The molecule has 1 aromatic rings. The highest BCUT2D eigenvalue weighted by atomic mass is 35.5. The first kappa shape index (κ1) is 15.9. The lowest BCUT2D eigenvalue weighted by atomic mass is 10.2. The number of carbonyl (C=O) groups excluding carboxylic acids is 1. The Balaban J connectivity index is 0.00000180. The SMILES string of the molecule is CC(C)Cn1ccnc1NC(=O)[C@@H]1CNCCO1.Cl. The Hall–Kier alpha value is -1.11. The molecule has 0 spiro atoms. The lowest BCUT2D eigenvalue weighted by Gasteiger charge is -2.22. The number of hydrogen-bond donors (Lipinski definition) is 2. The van der Waals surface area contributed by atoms with E-state index in [1.165, 1.54) is 0 Å². The van der Waals surface area contributed by atoms with Gasteiger partial charge in [0.1, 0.15) is 6.10 Å². The lowest BCUT2D eigenvalue weighted by molar-refractivity contribution is -0.128. The second kappa shape index (κ2) is 7.47. The molecule has 2 rings (SSSR count). The van der Waals surface area contributed by atoms with E-state index in [0.717, 1.165) is 13.1 Å². The molecule has 1 aromatic heterocycles. The zero-order valence-electron chi connectivity index (χ0n) is 11.3. The van der Waals surface area contributed by atoms with Crippen molar-refractivity contribution in [2.24, 2.45) is 5.92 Å². The van der Waals surface area contributed by atoms with Crippen LogP contribution < -0.4 is 10.6 Å². The first-order valence-electron chi connectivity index (χ1n) is 6.31. The molecule has 1 aliphatic heterocycles. The zero-order valence-corrected chi connectivity index (χ0v) is 12.1. The van der Waals surface area contributed by atoms with Gasteiger partial charge in [-0.3, -0.25) is 10.1 Å². The van der Waals surface area contributed by atoms with Crippen LogP contribution in [0.15, 0.2) is 12.4 Å². The number of carbonyl (C=O) groups is 1. The van der Waals surface area contributed by atoms with Crippen molar-refractivity contribution in [3.8, 4) is 0 Å². The van der Waals surface area contributed by atoms with E-state index in [9.17, 15) is 4.79 Å². The van der Waals surface area contributed by atoms with Crippen LogP contribution in [-0.4, -0.2) is 41.3 Å². The highest BCUT2D eigenvalue weighted by Crippen LogP contribution is 2.09. The maximum atomic E-state index is 12.0. The van der Waals surface area contributed by atoms with Gasteiger partial charge in [0.15, 0.2) is 0 Å². The maximum Gasteiger partial charge on any atom is 0.257 e. The molecule has 0 aromatic carbocycles. The minimum absolute atomic E-state index is 0. The summed E-state index contributed by atoms with van der Waals surface area (Å²) in [5, 5.41) is 5.94. The van der Waals surface area contributed by atoms with Crippen LogP contribution >= 0.6 is 12.4 Å². The molecule has 1 atom stereocenters. The van der Waals surface area contributed by atoms with Gasteiger partial charge in [0, 0.05) is 32.0 Å². The molecule has 2 heterocycles. The largest absolute Gasteiger partial charge is 0.366 e. The Bertz CT molecular complexity index is 402. The molecule has 108 valence electrons. The summed E-state index contributed by atoms with van der Waals surface area (Å²) in [6.45, 7) is 7.00. The number of amides is 1. The van der Waals surface area contributed by atoms with E-state index in [4.69, 9.17) is 4.74 Å². The highest BCUT2D eigenvalue weighted by molar-refractivity contribution is 5.93. The van der Waals surface area contributed by atoms with Gasteiger partial charge < -0.3 is 14.6 Å². The monoisotopic (exact) mass is 288 g/mol. The van der Waals surface area contributed by atoms with E-state index in [1.54, 1.807) is 6.20 Å². The first-order valence-corrected chi connectivity index (χ1v) is 6.31. The average molecular weight is 289 g/mol. The molecule has 0 aliphatic carbocycles. The van der Waals surface area contributed by atoms with Crippen LogP contribution in [0.3, 0.4) is 0 Å². The molecule has 0 bridgehead atoms. The normalized spacial score (nSPS) is 19.0. The summed E-state index contributed by atoms with van der Waals surface area (Å²) in [6, 6.07) is 0. The number of morpholine rings is 1. The van der Waals surface area contributed by atoms with E-state index in [1.807, 2.05) is 10.8 Å². The Kier molecular flexibility index (Phi) is 6.27. The summed E-state index contributed by atoms with van der Waals surface area (Å²) in [7, 11) is 0. The third-order valence-electron chi connectivity index (χ3n) is 2.73. The van der Waals surface area contributed by atoms with Crippen LogP contribution in [0.4, 0.5) is 5.95 Å². The second-order valence-corrected chi connectivity index (χ2v) is 4.85. The van der Waals surface area contributed by atoms with Crippen molar-refractivity contribution in [3.05, 3.63) is 12.4 Å². The quantitative estimate of drug-likeness (QED) is 0.863. The van der Waals surface area contributed by atoms with Crippen LogP contribution in [0.1, 0.15) is 13.8 Å². The smallest absolute Gasteiger partial charge is 0.257 e. The van der Waals surface area contributed by atoms with Gasteiger partial charge in [-0.05, 0) is 5.92 Å². The topological polar surface area (TPSA) is 68.2 Å². The number of anilines is 1. The van der Waals surface area contributed by atoms with Gasteiger partial charge in [-0.1, -0.05) is 13.8 Å². The van der Waals surface area contributed by atoms with Crippen molar-refractivity contribution in [2.75, 3.05) is 25.0 Å². The van der Waals surface area contributed by atoms with Gasteiger partial charge in [0.05, 0.1) is 6.61 Å². The Labute approximate surface area is 119 Å². The van der Waals surface area contributed by atoms with Gasteiger partial charge in [-0.15, -0.1) is 12.4 Å². The third kappa shape index (κ3) is 4.49. The van der Waals surface area contributed by atoms with Crippen LogP contribution in [0.5, 0.6) is 0 Å². The van der Waals surface area contributed by atoms with Crippen LogP contribution in [0.2, 0.25) is 0 Å². The van der Waals surface area contributed by atoms with E-state index in [2.05, 4.69) is 29.5 Å². The van der Waals surface area contributed by atoms with Crippen LogP contribution in [0, 0.1) is 5.92 Å². The van der Waals surface area contributed by atoms with E-state index >= 15 is 0 Å². The molecule has 0 unspecified atom stereocenters. The molecular formula is C12H21ClN4O2. The standard InChI is InChI=1S/C12H20N4O2.ClH/c1-9(2)8-16-5-3-14-12(16)15-11(17)10-7-13-4-6-18-10;/h3,5,9-10,13H,4,6-8H2,1-2H3,(H,14,15,17);1H/t10-;/m0./s1. The summed E-state index contributed by atoms with van der Waals surface area (Å²) in [4.78, 5) is 16.1. The van der Waals surface area contributed by atoms with Crippen molar-refractivity contribution in [1.29, 1.82) is 0 Å². The third-order valence-corrected chi connectivity index (χ3v) is 2.73.